The van der Waals surface area contributed by atoms with Crippen LogP contribution in [0.2, 0.25) is 10.0 Å². The second kappa shape index (κ2) is 10.5. The summed E-state index contributed by atoms with van der Waals surface area (Å²) >= 11 is 12.5. The van der Waals surface area contributed by atoms with Gasteiger partial charge in [-0.25, -0.2) is 0 Å². The number of benzene rings is 2. The second-order valence-electron chi connectivity index (χ2n) is 7.90. The highest BCUT2D eigenvalue weighted by Crippen LogP contribution is 2.42. The number of halogens is 2. The van der Waals surface area contributed by atoms with Crippen LogP contribution in [-0.4, -0.2) is 68.0 Å². The predicted octanol–water partition coefficient (Wildman–Crippen LogP) is 4.38. The molecule has 1 atom stereocenters. The first-order valence-electron chi connectivity index (χ1n) is 10.3. The highest BCUT2D eigenvalue weighted by molar-refractivity contribution is 6.46. The molecule has 33 heavy (non-hydrogen) atoms. The van der Waals surface area contributed by atoms with Gasteiger partial charge in [0.05, 0.1) is 35.9 Å². The number of methoxy groups -OCH3 is 2. The molecule has 1 aliphatic heterocycles. The van der Waals surface area contributed by atoms with Gasteiger partial charge in [-0.15, -0.1) is 0 Å². The zero-order valence-corrected chi connectivity index (χ0v) is 20.4. The molecule has 0 aliphatic carbocycles. The Morgan fingerprint density at radius 3 is 2.33 bits per heavy atom. The molecule has 1 fully saturated rings. The predicted molar refractivity (Wildman–Crippen MR) is 128 cm³/mol. The third kappa shape index (κ3) is 5.11. The zero-order valence-electron chi connectivity index (χ0n) is 18.9. The van der Waals surface area contributed by atoms with Crippen LogP contribution in [0.1, 0.15) is 23.6 Å². The van der Waals surface area contributed by atoms with Crippen molar-refractivity contribution >= 4 is 40.7 Å². The van der Waals surface area contributed by atoms with Crippen LogP contribution in [0.4, 0.5) is 0 Å². The van der Waals surface area contributed by atoms with E-state index in [1.807, 2.05) is 19.0 Å². The number of ether oxygens (including phenoxy) is 2. The first-order chi connectivity index (χ1) is 15.7. The minimum absolute atomic E-state index is 0.0320. The van der Waals surface area contributed by atoms with E-state index in [1.165, 1.54) is 31.3 Å². The molecular weight excluding hydrogens is 467 g/mol. The summed E-state index contributed by atoms with van der Waals surface area (Å²) in [6.07, 6.45) is 0.653. The number of aliphatic hydroxyl groups excluding tert-OH is 1. The summed E-state index contributed by atoms with van der Waals surface area (Å²) < 4.78 is 10.5. The van der Waals surface area contributed by atoms with Crippen LogP contribution in [0.15, 0.2) is 42.0 Å². The van der Waals surface area contributed by atoms with Gasteiger partial charge in [-0.05, 0) is 56.9 Å². The van der Waals surface area contributed by atoms with E-state index in [1.54, 1.807) is 24.3 Å². The summed E-state index contributed by atoms with van der Waals surface area (Å²) in [6, 6.07) is 9.19. The maximum atomic E-state index is 13.1. The fourth-order valence-electron chi connectivity index (χ4n) is 3.87. The van der Waals surface area contributed by atoms with Gasteiger partial charge in [0.25, 0.3) is 11.7 Å². The van der Waals surface area contributed by atoms with Gasteiger partial charge in [-0.1, -0.05) is 35.3 Å². The maximum absolute atomic E-state index is 13.1. The molecule has 0 spiro atoms. The first-order valence-corrected chi connectivity index (χ1v) is 11.1. The molecule has 1 N–H and O–H groups in total. The molecule has 0 saturated carbocycles. The molecule has 0 bridgehead atoms. The molecule has 1 heterocycles. The number of carbonyl (C=O) groups is 2. The normalized spacial score (nSPS) is 17.7. The Hall–Kier alpha value is -2.74. The summed E-state index contributed by atoms with van der Waals surface area (Å²) in [7, 11) is 6.83. The van der Waals surface area contributed by atoms with Crippen LogP contribution in [0.3, 0.4) is 0 Å². The van der Waals surface area contributed by atoms with Crippen molar-refractivity contribution in [3.05, 3.63) is 63.1 Å². The van der Waals surface area contributed by atoms with Gasteiger partial charge in [0.2, 0.25) is 0 Å². The summed E-state index contributed by atoms with van der Waals surface area (Å²) in [5.74, 6) is -0.977. The third-order valence-electron chi connectivity index (χ3n) is 5.43. The minimum atomic E-state index is -0.790. The summed E-state index contributed by atoms with van der Waals surface area (Å²) in [6.45, 7) is 1.07. The molecule has 0 radical (unpaired) electrons. The van der Waals surface area contributed by atoms with Crippen molar-refractivity contribution in [2.24, 2.45) is 0 Å². The van der Waals surface area contributed by atoms with Gasteiger partial charge in [0.1, 0.15) is 11.5 Å². The highest BCUT2D eigenvalue weighted by Gasteiger charge is 2.46. The molecule has 2 aromatic rings. The molecule has 2 aromatic carbocycles. The van der Waals surface area contributed by atoms with E-state index in [9.17, 15) is 14.7 Å². The highest BCUT2D eigenvalue weighted by atomic mass is 35.5. The minimum Gasteiger partial charge on any atom is -0.507 e. The van der Waals surface area contributed by atoms with E-state index in [0.717, 1.165) is 6.54 Å². The second-order valence-corrected chi connectivity index (χ2v) is 8.71. The van der Waals surface area contributed by atoms with Crippen LogP contribution < -0.4 is 9.47 Å². The van der Waals surface area contributed by atoms with Crippen molar-refractivity contribution in [3.63, 3.8) is 0 Å². The molecule has 3 rings (SSSR count). The van der Waals surface area contributed by atoms with Gasteiger partial charge in [-0.3, -0.25) is 9.59 Å². The molecule has 9 heteroatoms. The van der Waals surface area contributed by atoms with Gasteiger partial charge in [-0.2, -0.15) is 0 Å². The van der Waals surface area contributed by atoms with Crippen molar-refractivity contribution in [2.45, 2.75) is 12.5 Å². The number of hydrogen-bond acceptors (Lipinski definition) is 6. The lowest BCUT2D eigenvalue weighted by molar-refractivity contribution is -0.139. The number of Topliss-reactive ketones (excluding diaryl/α,β-unsaturated/α-hetero) is 1. The number of nitrogens with zero attached hydrogens (tertiary/aromatic N) is 2. The molecular formula is C24H26Cl2N2O5. The fraction of sp³-hybridized carbons (Fsp3) is 0.333. The Labute approximate surface area is 203 Å². The SMILES string of the molecule is COc1cccc(C2/C(=C(\O)c3cc(Cl)c(OC)c(Cl)c3)C(=O)C(=O)N2CCCN(C)C)c1. The summed E-state index contributed by atoms with van der Waals surface area (Å²) in [4.78, 5) is 29.6. The van der Waals surface area contributed by atoms with Gasteiger partial charge >= 0.3 is 0 Å². The van der Waals surface area contributed by atoms with Crippen LogP contribution in [0.5, 0.6) is 11.5 Å². The Balaban J connectivity index is 2.16. The number of rotatable bonds is 8. The van der Waals surface area contributed by atoms with Gasteiger partial charge < -0.3 is 24.4 Å². The molecule has 1 saturated heterocycles. The van der Waals surface area contributed by atoms with E-state index >= 15 is 0 Å². The van der Waals surface area contributed by atoms with Gasteiger partial charge in [0.15, 0.2) is 5.75 Å². The van der Waals surface area contributed by atoms with Crippen molar-refractivity contribution in [1.82, 2.24) is 9.80 Å². The molecule has 1 aliphatic rings. The van der Waals surface area contributed by atoms with Crippen LogP contribution in [0, 0.1) is 0 Å². The Kier molecular flexibility index (Phi) is 7.89. The van der Waals surface area contributed by atoms with Crippen LogP contribution in [0.25, 0.3) is 5.76 Å². The zero-order chi connectivity index (χ0) is 24.3. The van der Waals surface area contributed by atoms with Crippen LogP contribution >= 0.6 is 23.2 Å². The number of carbonyl (C=O) groups excluding carboxylic acids is 2. The molecule has 176 valence electrons. The third-order valence-corrected chi connectivity index (χ3v) is 5.99. The van der Waals surface area contributed by atoms with Crippen molar-refractivity contribution in [3.8, 4) is 11.5 Å². The lowest BCUT2D eigenvalue weighted by Gasteiger charge is -2.26. The smallest absolute Gasteiger partial charge is 0.295 e. The van der Waals surface area contributed by atoms with E-state index < -0.39 is 17.7 Å². The lowest BCUT2D eigenvalue weighted by atomic mass is 9.95. The quantitative estimate of drug-likeness (QED) is 0.334. The summed E-state index contributed by atoms with van der Waals surface area (Å²) in [5, 5.41) is 11.5. The molecule has 1 unspecified atom stereocenters. The average molecular weight is 493 g/mol. The maximum Gasteiger partial charge on any atom is 0.295 e. The topological polar surface area (TPSA) is 79.3 Å². The number of likely N-dealkylation sites (tertiary alicyclic amines) is 1. The monoisotopic (exact) mass is 492 g/mol. The molecule has 0 aromatic heterocycles. The van der Waals surface area contributed by atoms with Crippen molar-refractivity contribution in [2.75, 3.05) is 41.4 Å². The number of hydrogen-bond donors (Lipinski definition) is 1. The standard InChI is InChI=1S/C24H26Cl2N2O5/c1-27(2)9-6-10-28-20(14-7-5-8-16(11-14)32-3)19(22(30)24(28)31)21(29)15-12-17(25)23(33-4)18(26)13-15/h5,7-8,11-13,20,29H,6,9-10H2,1-4H3/b21-19+. The number of aliphatic hydroxyl groups is 1. The fourth-order valence-corrected chi connectivity index (χ4v) is 4.51. The molecule has 7 nitrogen and oxygen atoms in total. The van der Waals surface area contributed by atoms with E-state index in [-0.39, 0.29) is 32.7 Å². The van der Waals surface area contributed by atoms with E-state index in [2.05, 4.69) is 0 Å². The lowest BCUT2D eigenvalue weighted by Crippen LogP contribution is -2.32. The number of amides is 1. The van der Waals surface area contributed by atoms with E-state index in [4.69, 9.17) is 32.7 Å². The van der Waals surface area contributed by atoms with Crippen molar-refractivity contribution in [1.29, 1.82) is 0 Å². The Bertz CT molecular complexity index is 1080. The van der Waals surface area contributed by atoms with Crippen LogP contribution in [-0.2, 0) is 9.59 Å². The Morgan fingerprint density at radius 2 is 1.76 bits per heavy atom. The average Bonchev–Trinajstić information content (AvgIpc) is 3.03. The van der Waals surface area contributed by atoms with Gasteiger partial charge in [0, 0.05) is 12.1 Å². The molecule has 1 amide bonds. The Morgan fingerprint density at radius 1 is 1.09 bits per heavy atom. The van der Waals surface area contributed by atoms with E-state index in [0.29, 0.717) is 24.3 Å². The van der Waals surface area contributed by atoms with Crippen molar-refractivity contribution < 1.29 is 24.2 Å². The number of ketones is 1. The summed E-state index contributed by atoms with van der Waals surface area (Å²) in [5.41, 5.74) is 0.825. The largest absolute Gasteiger partial charge is 0.507 e. The first kappa shape index (κ1) is 24.9.